The Kier molecular flexibility index (Phi) is 3.89. The van der Waals surface area contributed by atoms with Crippen molar-refractivity contribution in [1.29, 1.82) is 0 Å². The van der Waals surface area contributed by atoms with Crippen LogP contribution in [-0.4, -0.2) is 32.7 Å². The van der Waals surface area contributed by atoms with E-state index in [1.54, 1.807) is 0 Å². The van der Waals surface area contributed by atoms with Crippen LogP contribution in [0.4, 0.5) is 11.4 Å². The number of hydrogen-bond acceptors (Lipinski definition) is 7. The van der Waals surface area contributed by atoms with E-state index in [4.69, 9.17) is 9.63 Å². The molecule has 104 valence electrons. The maximum atomic E-state index is 11.0. The number of aromatic nitrogens is 2. The van der Waals surface area contributed by atoms with Crippen LogP contribution in [-0.2, 0) is 6.42 Å². The summed E-state index contributed by atoms with van der Waals surface area (Å²) in [5.74, 6) is -0.778. The summed E-state index contributed by atoms with van der Waals surface area (Å²) in [6.07, 6.45) is 1.63. The molecule has 0 spiro atoms. The Labute approximate surface area is 112 Å². The monoisotopic (exact) mass is 278 g/mol. The molecular weight excluding hydrogens is 268 g/mol. The van der Waals surface area contributed by atoms with E-state index in [0.29, 0.717) is 18.9 Å². The largest absolute Gasteiger partial charge is 0.478 e. The highest BCUT2D eigenvalue weighted by molar-refractivity contribution is 5.94. The normalized spacial score (nSPS) is 10.2. The van der Waals surface area contributed by atoms with Gasteiger partial charge in [0.2, 0.25) is 5.89 Å². The maximum absolute atomic E-state index is 11.0. The zero-order chi connectivity index (χ0) is 14.5. The third kappa shape index (κ3) is 3.07. The SMILES string of the molecule is O=C(O)c1ccc([N+](=O)[O-])cc1NCCc1ncno1. The first-order valence-electron chi connectivity index (χ1n) is 5.59. The first-order valence-corrected chi connectivity index (χ1v) is 5.59. The lowest BCUT2D eigenvalue weighted by atomic mass is 10.1. The summed E-state index contributed by atoms with van der Waals surface area (Å²) < 4.78 is 4.79. The number of nitrogens with zero attached hydrogens (tertiary/aromatic N) is 3. The van der Waals surface area contributed by atoms with Crippen molar-refractivity contribution in [2.75, 3.05) is 11.9 Å². The Morgan fingerprint density at radius 3 is 2.90 bits per heavy atom. The second-order valence-corrected chi connectivity index (χ2v) is 3.80. The molecule has 0 amide bonds. The summed E-state index contributed by atoms with van der Waals surface area (Å²) in [4.78, 5) is 25.0. The molecule has 1 heterocycles. The molecule has 0 saturated carbocycles. The molecule has 2 aromatic rings. The standard InChI is InChI=1S/C11H10N4O5/c16-11(17)8-2-1-7(15(18)19)5-9(8)12-4-3-10-13-6-14-20-10/h1-2,5-6,12H,3-4H2,(H,16,17). The Bertz CT molecular complexity index is 626. The number of hydrogen-bond donors (Lipinski definition) is 2. The van der Waals surface area contributed by atoms with Crippen LogP contribution in [0.2, 0.25) is 0 Å². The lowest BCUT2D eigenvalue weighted by Crippen LogP contribution is -2.10. The van der Waals surface area contributed by atoms with Crippen LogP contribution in [0.15, 0.2) is 29.0 Å². The Morgan fingerprint density at radius 1 is 1.50 bits per heavy atom. The van der Waals surface area contributed by atoms with E-state index in [1.807, 2.05) is 0 Å². The lowest BCUT2D eigenvalue weighted by Gasteiger charge is -2.08. The Hall–Kier alpha value is -2.97. The number of nitrogens with one attached hydrogen (secondary N) is 1. The molecule has 20 heavy (non-hydrogen) atoms. The third-order valence-electron chi connectivity index (χ3n) is 2.51. The van der Waals surface area contributed by atoms with Gasteiger partial charge in [0.1, 0.15) is 0 Å². The van der Waals surface area contributed by atoms with Gasteiger partial charge < -0.3 is 14.9 Å². The van der Waals surface area contributed by atoms with Crippen molar-refractivity contribution in [3.63, 3.8) is 0 Å². The first kappa shape index (κ1) is 13.5. The van der Waals surface area contributed by atoms with E-state index in [-0.39, 0.29) is 16.9 Å². The molecular formula is C11H10N4O5. The molecule has 2 N–H and O–H groups in total. The van der Waals surface area contributed by atoms with Crippen LogP contribution in [0.1, 0.15) is 16.2 Å². The fourth-order valence-electron chi connectivity index (χ4n) is 1.59. The minimum Gasteiger partial charge on any atom is -0.478 e. The number of nitro groups is 1. The number of nitro benzene ring substituents is 1. The van der Waals surface area contributed by atoms with Gasteiger partial charge in [-0.3, -0.25) is 10.1 Å². The number of anilines is 1. The van der Waals surface area contributed by atoms with Crippen molar-refractivity contribution in [1.82, 2.24) is 10.1 Å². The van der Waals surface area contributed by atoms with Crippen LogP contribution in [0.5, 0.6) is 0 Å². The van der Waals surface area contributed by atoms with Crippen molar-refractivity contribution < 1.29 is 19.3 Å². The van der Waals surface area contributed by atoms with Crippen LogP contribution < -0.4 is 5.32 Å². The predicted octanol–water partition coefficient (Wildman–Crippen LogP) is 1.33. The fraction of sp³-hybridized carbons (Fsp3) is 0.182. The minimum atomic E-state index is -1.17. The zero-order valence-electron chi connectivity index (χ0n) is 10.1. The lowest BCUT2D eigenvalue weighted by molar-refractivity contribution is -0.384. The molecule has 0 unspecified atom stereocenters. The average Bonchev–Trinajstić information content (AvgIpc) is 2.91. The van der Waals surface area contributed by atoms with E-state index < -0.39 is 10.9 Å². The molecule has 9 heteroatoms. The van der Waals surface area contributed by atoms with Gasteiger partial charge in [-0.2, -0.15) is 4.98 Å². The predicted molar refractivity (Wildman–Crippen MR) is 66.5 cm³/mol. The molecule has 0 radical (unpaired) electrons. The third-order valence-corrected chi connectivity index (χ3v) is 2.51. The Morgan fingerprint density at radius 2 is 2.30 bits per heavy atom. The van der Waals surface area contributed by atoms with Gasteiger partial charge in [0.05, 0.1) is 16.2 Å². The minimum absolute atomic E-state index is 0.0406. The van der Waals surface area contributed by atoms with Crippen molar-refractivity contribution in [3.8, 4) is 0 Å². The summed E-state index contributed by atoms with van der Waals surface area (Å²) in [7, 11) is 0. The first-order chi connectivity index (χ1) is 9.58. The number of carboxylic acids is 1. The number of non-ortho nitro benzene ring substituents is 1. The number of aromatic carboxylic acids is 1. The van der Waals surface area contributed by atoms with E-state index in [2.05, 4.69) is 15.5 Å². The highest BCUT2D eigenvalue weighted by Crippen LogP contribution is 2.22. The summed E-state index contributed by atoms with van der Waals surface area (Å²) in [5.41, 5.74) is -0.0531. The smallest absolute Gasteiger partial charge is 0.337 e. The molecule has 9 nitrogen and oxygen atoms in total. The van der Waals surface area contributed by atoms with Gasteiger partial charge in [-0.1, -0.05) is 5.16 Å². The van der Waals surface area contributed by atoms with Gasteiger partial charge in [-0.15, -0.1) is 0 Å². The van der Waals surface area contributed by atoms with Gasteiger partial charge in [0, 0.05) is 25.1 Å². The Balaban J connectivity index is 2.13. The number of rotatable bonds is 6. The van der Waals surface area contributed by atoms with Gasteiger partial charge in [0.25, 0.3) is 5.69 Å². The second kappa shape index (κ2) is 5.78. The summed E-state index contributed by atoms with van der Waals surface area (Å²) in [6, 6.07) is 3.51. The molecule has 0 saturated heterocycles. The molecule has 1 aromatic heterocycles. The average molecular weight is 278 g/mol. The fourth-order valence-corrected chi connectivity index (χ4v) is 1.59. The van der Waals surface area contributed by atoms with E-state index in [1.165, 1.54) is 18.5 Å². The van der Waals surface area contributed by atoms with Crippen molar-refractivity contribution in [3.05, 3.63) is 46.1 Å². The van der Waals surface area contributed by atoms with Crippen molar-refractivity contribution in [2.24, 2.45) is 0 Å². The highest BCUT2D eigenvalue weighted by atomic mass is 16.6. The van der Waals surface area contributed by atoms with Gasteiger partial charge in [0.15, 0.2) is 6.33 Å². The van der Waals surface area contributed by atoms with Crippen LogP contribution >= 0.6 is 0 Å². The molecule has 0 atom stereocenters. The quantitative estimate of drug-likeness (QED) is 0.597. The van der Waals surface area contributed by atoms with Crippen molar-refractivity contribution >= 4 is 17.3 Å². The topological polar surface area (TPSA) is 131 Å². The maximum Gasteiger partial charge on any atom is 0.337 e. The summed E-state index contributed by atoms with van der Waals surface area (Å²) in [6.45, 7) is 0.309. The van der Waals surface area contributed by atoms with Crippen LogP contribution in [0, 0.1) is 10.1 Å². The van der Waals surface area contributed by atoms with Gasteiger partial charge in [-0.05, 0) is 6.07 Å². The molecule has 0 aliphatic heterocycles. The second-order valence-electron chi connectivity index (χ2n) is 3.80. The van der Waals surface area contributed by atoms with Crippen LogP contribution in [0.25, 0.3) is 0 Å². The number of benzene rings is 1. The molecule has 1 aromatic carbocycles. The van der Waals surface area contributed by atoms with Crippen molar-refractivity contribution in [2.45, 2.75) is 6.42 Å². The van der Waals surface area contributed by atoms with Gasteiger partial charge in [-0.25, -0.2) is 4.79 Å². The van der Waals surface area contributed by atoms with E-state index in [9.17, 15) is 14.9 Å². The van der Waals surface area contributed by atoms with Gasteiger partial charge >= 0.3 is 5.97 Å². The zero-order valence-corrected chi connectivity index (χ0v) is 10.1. The summed E-state index contributed by atoms with van der Waals surface area (Å²) in [5, 5.41) is 26.0. The number of carboxylic acid groups (broad SMARTS) is 1. The molecule has 2 rings (SSSR count). The number of carbonyl (C=O) groups is 1. The van der Waals surface area contributed by atoms with E-state index in [0.717, 1.165) is 6.07 Å². The molecule has 0 fully saturated rings. The molecule has 0 aliphatic rings. The van der Waals surface area contributed by atoms with E-state index >= 15 is 0 Å². The van der Waals surface area contributed by atoms with Crippen LogP contribution in [0.3, 0.4) is 0 Å². The summed E-state index contributed by atoms with van der Waals surface area (Å²) >= 11 is 0. The molecule has 0 aliphatic carbocycles. The molecule has 0 bridgehead atoms. The highest BCUT2D eigenvalue weighted by Gasteiger charge is 2.15.